The molecular weight excluding hydrogens is 302 g/mol. The van der Waals surface area contributed by atoms with Gasteiger partial charge in [0.1, 0.15) is 0 Å². The van der Waals surface area contributed by atoms with Gasteiger partial charge in [-0.1, -0.05) is 23.8 Å². The largest absolute Gasteiger partial charge is 1.00 e. The SMILES string of the molecule is Cc1cc(C)c(C(=O)C[n+]2ccccc2)c(C)c1.[Br-]. The zero-order valence-corrected chi connectivity index (χ0v) is 13.1. The second-order valence-electron chi connectivity index (χ2n) is 4.74. The molecule has 0 aliphatic heterocycles. The molecule has 2 aromatic rings. The van der Waals surface area contributed by atoms with Crippen molar-refractivity contribution in [3.8, 4) is 0 Å². The highest BCUT2D eigenvalue weighted by Crippen LogP contribution is 2.16. The van der Waals surface area contributed by atoms with Crippen LogP contribution >= 0.6 is 0 Å². The molecule has 1 heterocycles. The zero-order valence-electron chi connectivity index (χ0n) is 11.5. The van der Waals surface area contributed by atoms with E-state index in [0.717, 1.165) is 16.7 Å². The van der Waals surface area contributed by atoms with Crippen molar-refractivity contribution >= 4 is 5.78 Å². The van der Waals surface area contributed by atoms with Gasteiger partial charge in [-0.05, 0) is 31.9 Å². The number of halogens is 1. The van der Waals surface area contributed by atoms with E-state index in [-0.39, 0.29) is 22.8 Å². The molecule has 0 saturated carbocycles. The Kier molecular flexibility index (Phi) is 5.43. The van der Waals surface area contributed by atoms with Crippen molar-refractivity contribution in [3.63, 3.8) is 0 Å². The summed E-state index contributed by atoms with van der Waals surface area (Å²) in [5, 5.41) is 0. The molecule has 0 bridgehead atoms. The first kappa shape index (κ1) is 15.6. The summed E-state index contributed by atoms with van der Waals surface area (Å²) in [5.41, 5.74) is 4.19. The molecule has 3 heteroatoms. The zero-order chi connectivity index (χ0) is 13.1. The van der Waals surface area contributed by atoms with E-state index in [1.54, 1.807) is 0 Å². The van der Waals surface area contributed by atoms with Gasteiger partial charge in [0.15, 0.2) is 12.4 Å². The van der Waals surface area contributed by atoms with Crippen molar-refractivity contribution < 1.29 is 26.3 Å². The van der Waals surface area contributed by atoms with Gasteiger partial charge in [-0.2, -0.15) is 4.57 Å². The molecule has 0 unspecified atom stereocenters. The number of Topliss-reactive ketones (excluding diaryl/α,β-unsaturated/α-hetero) is 1. The van der Waals surface area contributed by atoms with Gasteiger partial charge in [0.25, 0.3) is 0 Å². The van der Waals surface area contributed by atoms with E-state index in [9.17, 15) is 4.79 Å². The van der Waals surface area contributed by atoms with E-state index in [1.807, 2.05) is 49.0 Å². The van der Waals surface area contributed by atoms with Gasteiger partial charge in [-0.3, -0.25) is 4.79 Å². The lowest BCUT2D eigenvalue weighted by Crippen LogP contribution is -3.00. The van der Waals surface area contributed by atoms with E-state index in [0.29, 0.717) is 6.54 Å². The van der Waals surface area contributed by atoms with Crippen LogP contribution in [-0.2, 0) is 6.54 Å². The van der Waals surface area contributed by atoms with Crippen LogP contribution in [0.4, 0.5) is 0 Å². The van der Waals surface area contributed by atoms with Crippen LogP contribution < -0.4 is 21.5 Å². The molecule has 2 nitrogen and oxygen atoms in total. The maximum absolute atomic E-state index is 12.3. The van der Waals surface area contributed by atoms with Gasteiger partial charge >= 0.3 is 0 Å². The number of nitrogens with zero attached hydrogens (tertiary/aromatic N) is 1. The molecule has 2 rings (SSSR count). The predicted molar refractivity (Wildman–Crippen MR) is 71.6 cm³/mol. The standard InChI is InChI=1S/C16H18NO.BrH/c1-12-9-13(2)16(14(3)10-12)15(18)11-17-7-5-4-6-8-17;/h4-10H,11H2,1-3H3;1H/q+1;/p-1. The third-order valence-corrected chi connectivity index (χ3v) is 3.06. The summed E-state index contributed by atoms with van der Waals surface area (Å²) >= 11 is 0. The average Bonchev–Trinajstić information content (AvgIpc) is 2.28. The molecule has 0 spiro atoms. The minimum Gasteiger partial charge on any atom is -1.00 e. The molecule has 0 radical (unpaired) electrons. The first-order valence-corrected chi connectivity index (χ1v) is 6.13. The second kappa shape index (κ2) is 6.62. The lowest BCUT2D eigenvalue weighted by molar-refractivity contribution is -0.683. The summed E-state index contributed by atoms with van der Waals surface area (Å²) in [7, 11) is 0. The summed E-state index contributed by atoms with van der Waals surface area (Å²) in [6.07, 6.45) is 3.83. The van der Waals surface area contributed by atoms with Crippen LogP contribution in [0.3, 0.4) is 0 Å². The number of carbonyl (C=O) groups is 1. The van der Waals surface area contributed by atoms with E-state index < -0.39 is 0 Å². The summed E-state index contributed by atoms with van der Waals surface area (Å²) in [6, 6.07) is 9.94. The topological polar surface area (TPSA) is 20.9 Å². The first-order valence-electron chi connectivity index (χ1n) is 6.13. The predicted octanol–water partition coefficient (Wildman–Crippen LogP) is -0.214. The van der Waals surface area contributed by atoms with Crippen molar-refractivity contribution in [2.45, 2.75) is 27.3 Å². The normalized spacial score (nSPS) is 9.84. The third-order valence-electron chi connectivity index (χ3n) is 3.06. The number of rotatable bonds is 3. The lowest BCUT2D eigenvalue weighted by Gasteiger charge is -2.08. The molecule has 1 aromatic carbocycles. The Balaban J connectivity index is 0.00000180. The van der Waals surface area contributed by atoms with E-state index in [4.69, 9.17) is 0 Å². The van der Waals surface area contributed by atoms with Crippen LogP contribution in [0.2, 0.25) is 0 Å². The highest BCUT2D eigenvalue weighted by atomic mass is 79.9. The molecule has 0 atom stereocenters. The first-order chi connectivity index (χ1) is 8.58. The molecule has 19 heavy (non-hydrogen) atoms. The minimum atomic E-state index is 0. The molecule has 100 valence electrons. The summed E-state index contributed by atoms with van der Waals surface area (Å²) < 4.78 is 1.90. The number of aromatic nitrogens is 1. The Bertz CT molecular complexity index is 556. The number of aryl methyl sites for hydroxylation is 3. The molecule has 0 saturated heterocycles. The Hall–Kier alpha value is -1.48. The van der Waals surface area contributed by atoms with Gasteiger partial charge in [0, 0.05) is 17.7 Å². The van der Waals surface area contributed by atoms with Crippen LogP contribution in [-0.4, -0.2) is 5.78 Å². The van der Waals surface area contributed by atoms with Crippen LogP contribution in [0.1, 0.15) is 27.0 Å². The third kappa shape index (κ3) is 3.74. The molecular formula is C16H18BrNO. The number of carbonyl (C=O) groups excluding carboxylic acids is 1. The number of benzene rings is 1. The average molecular weight is 320 g/mol. The fourth-order valence-corrected chi connectivity index (χ4v) is 2.40. The smallest absolute Gasteiger partial charge is 0.228 e. The van der Waals surface area contributed by atoms with Crippen LogP contribution in [0, 0.1) is 20.8 Å². The molecule has 0 N–H and O–H groups in total. The monoisotopic (exact) mass is 319 g/mol. The molecule has 0 aliphatic rings. The summed E-state index contributed by atoms with van der Waals surface area (Å²) in [5.74, 6) is 0.168. The number of pyridine rings is 1. The quantitative estimate of drug-likeness (QED) is 0.566. The van der Waals surface area contributed by atoms with Gasteiger partial charge in [-0.25, -0.2) is 0 Å². The maximum Gasteiger partial charge on any atom is 0.228 e. The van der Waals surface area contributed by atoms with Crippen molar-refractivity contribution in [1.29, 1.82) is 0 Å². The number of hydrogen-bond donors (Lipinski definition) is 0. The molecule has 1 aromatic heterocycles. The minimum absolute atomic E-state index is 0. The van der Waals surface area contributed by atoms with E-state index in [1.165, 1.54) is 5.56 Å². The Morgan fingerprint density at radius 1 is 1.00 bits per heavy atom. The van der Waals surface area contributed by atoms with E-state index in [2.05, 4.69) is 19.1 Å². The van der Waals surface area contributed by atoms with Crippen LogP contribution in [0.15, 0.2) is 42.7 Å². The Morgan fingerprint density at radius 2 is 1.53 bits per heavy atom. The second-order valence-corrected chi connectivity index (χ2v) is 4.74. The number of ketones is 1. The highest BCUT2D eigenvalue weighted by molar-refractivity contribution is 5.97. The lowest BCUT2D eigenvalue weighted by atomic mass is 9.96. The van der Waals surface area contributed by atoms with Crippen molar-refractivity contribution in [2.24, 2.45) is 0 Å². The van der Waals surface area contributed by atoms with Crippen molar-refractivity contribution in [3.05, 3.63) is 65.0 Å². The fourth-order valence-electron chi connectivity index (χ4n) is 2.40. The van der Waals surface area contributed by atoms with Gasteiger partial charge in [0.05, 0.1) is 0 Å². The summed E-state index contributed by atoms with van der Waals surface area (Å²) in [6.45, 7) is 6.46. The highest BCUT2D eigenvalue weighted by Gasteiger charge is 2.16. The Morgan fingerprint density at radius 3 is 2.05 bits per heavy atom. The fraction of sp³-hybridized carbons (Fsp3) is 0.250. The Labute approximate surface area is 124 Å². The summed E-state index contributed by atoms with van der Waals surface area (Å²) in [4.78, 5) is 12.3. The maximum atomic E-state index is 12.3. The van der Waals surface area contributed by atoms with Gasteiger partial charge in [0.2, 0.25) is 12.3 Å². The molecule has 0 aliphatic carbocycles. The van der Waals surface area contributed by atoms with Crippen molar-refractivity contribution in [2.75, 3.05) is 0 Å². The molecule has 0 fully saturated rings. The van der Waals surface area contributed by atoms with E-state index >= 15 is 0 Å². The van der Waals surface area contributed by atoms with Crippen LogP contribution in [0.5, 0.6) is 0 Å². The van der Waals surface area contributed by atoms with Crippen LogP contribution in [0.25, 0.3) is 0 Å². The van der Waals surface area contributed by atoms with Crippen molar-refractivity contribution in [1.82, 2.24) is 0 Å². The van der Waals surface area contributed by atoms with Gasteiger partial charge in [-0.15, -0.1) is 0 Å². The number of hydrogen-bond acceptors (Lipinski definition) is 1. The van der Waals surface area contributed by atoms with Gasteiger partial charge < -0.3 is 17.0 Å². The molecule has 0 amide bonds.